The van der Waals surface area contributed by atoms with Crippen molar-refractivity contribution in [2.75, 3.05) is 39.4 Å². The van der Waals surface area contributed by atoms with Gasteiger partial charge < -0.3 is 19.9 Å². The Hall–Kier alpha value is -1.70. The first kappa shape index (κ1) is 18.6. The lowest BCUT2D eigenvalue weighted by Gasteiger charge is -2.36. The van der Waals surface area contributed by atoms with Crippen molar-refractivity contribution in [2.45, 2.75) is 12.6 Å². The van der Waals surface area contributed by atoms with Crippen LogP contribution in [-0.4, -0.2) is 67.0 Å². The Balaban J connectivity index is 0.00000208. The SMILES string of the molecule is Cl.O=C1CN(C(=O)C2COCCN2)CCN1Cc1cccc(F)c1. The third-order valence-electron chi connectivity index (χ3n) is 4.11. The summed E-state index contributed by atoms with van der Waals surface area (Å²) in [7, 11) is 0. The van der Waals surface area contributed by atoms with Gasteiger partial charge in [-0.3, -0.25) is 9.59 Å². The maximum absolute atomic E-state index is 13.2. The highest BCUT2D eigenvalue weighted by Gasteiger charge is 2.32. The van der Waals surface area contributed by atoms with E-state index in [9.17, 15) is 14.0 Å². The van der Waals surface area contributed by atoms with Gasteiger partial charge in [-0.25, -0.2) is 4.39 Å². The molecule has 132 valence electrons. The van der Waals surface area contributed by atoms with Crippen molar-refractivity contribution in [3.05, 3.63) is 35.6 Å². The van der Waals surface area contributed by atoms with Gasteiger partial charge >= 0.3 is 0 Å². The summed E-state index contributed by atoms with van der Waals surface area (Å²) in [6, 6.07) is 5.85. The summed E-state index contributed by atoms with van der Waals surface area (Å²) in [5.74, 6) is -0.527. The molecule has 1 aromatic rings. The van der Waals surface area contributed by atoms with Gasteiger partial charge in [0.05, 0.1) is 19.8 Å². The van der Waals surface area contributed by atoms with Crippen LogP contribution in [0.2, 0.25) is 0 Å². The number of hydrogen-bond acceptors (Lipinski definition) is 4. The van der Waals surface area contributed by atoms with Gasteiger partial charge in [-0.15, -0.1) is 12.4 Å². The lowest BCUT2D eigenvalue weighted by Crippen LogP contribution is -2.58. The highest BCUT2D eigenvalue weighted by atomic mass is 35.5. The molecule has 3 rings (SSSR count). The molecule has 2 fully saturated rings. The molecule has 0 spiro atoms. The molecule has 8 heteroatoms. The fourth-order valence-electron chi connectivity index (χ4n) is 2.86. The van der Waals surface area contributed by atoms with E-state index in [0.717, 1.165) is 5.56 Å². The van der Waals surface area contributed by atoms with Crippen LogP contribution in [0.4, 0.5) is 4.39 Å². The third kappa shape index (κ3) is 4.43. The zero-order valence-electron chi connectivity index (χ0n) is 13.2. The predicted octanol–water partition coefficient (Wildman–Crippen LogP) is 0.407. The number of amides is 2. The Kier molecular flexibility index (Phi) is 6.53. The second-order valence-electron chi connectivity index (χ2n) is 5.79. The van der Waals surface area contributed by atoms with Crippen LogP contribution in [0.3, 0.4) is 0 Å². The van der Waals surface area contributed by atoms with Crippen LogP contribution < -0.4 is 5.32 Å². The zero-order chi connectivity index (χ0) is 16.2. The van der Waals surface area contributed by atoms with Crippen molar-refractivity contribution in [1.29, 1.82) is 0 Å². The number of ether oxygens (including phenoxy) is 1. The molecular formula is C16H21ClFN3O3. The second kappa shape index (κ2) is 8.41. The monoisotopic (exact) mass is 357 g/mol. The summed E-state index contributed by atoms with van der Waals surface area (Å²) in [4.78, 5) is 27.9. The Morgan fingerprint density at radius 1 is 1.38 bits per heavy atom. The number of benzene rings is 1. The summed E-state index contributed by atoms with van der Waals surface area (Å²) >= 11 is 0. The molecule has 1 aromatic carbocycles. The van der Waals surface area contributed by atoms with Gasteiger partial charge in [0.1, 0.15) is 11.9 Å². The van der Waals surface area contributed by atoms with Crippen molar-refractivity contribution in [3.63, 3.8) is 0 Å². The molecule has 0 aliphatic carbocycles. The average Bonchev–Trinajstić information content (AvgIpc) is 2.57. The summed E-state index contributed by atoms with van der Waals surface area (Å²) in [6.07, 6.45) is 0. The summed E-state index contributed by atoms with van der Waals surface area (Å²) in [5.41, 5.74) is 0.750. The lowest BCUT2D eigenvalue weighted by molar-refractivity contribution is -0.148. The van der Waals surface area contributed by atoms with Gasteiger partial charge in [-0.2, -0.15) is 0 Å². The Labute approximate surface area is 146 Å². The summed E-state index contributed by atoms with van der Waals surface area (Å²) < 4.78 is 18.5. The van der Waals surface area contributed by atoms with Gasteiger partial charge in [0.15, 0.2) is 0 Å². The number of halogens is 2. The third-order valence-corrected chi connectivity index (χ3v) is 4.11. The number of rotatable bonds is 3. The van der Waals surface area contributed by atoms with Crippen LogP contribution in [0, 0.1) is 5.82 Å². The van der Waals surface area contributed by atoms with Crippen LogP contribution in [-0.2, 0) is 20.9 Å². The maximum atomic E-state index is 13.2. The smallest absolute Gasteiger partial charge is 0.242 e. The molecule has 1 N–H and O–H groups in total. The van der Waals surface area contributed by atoms with Gasteiger partial charge in [0, 0.05) is 26.2 Å². The number of hydrogen-bond donors (Lipinski definition) is 1. The van der Waals surface area contributed by atoms with E-state index in [2.05, 4.69) is 5.32 Å². The van der Waals surface area contributed by atoms with E-state index in [-0.39, 0.29) is 42.6 Å². The normalized spacial score (nSPS) is 21.4. The molecule has 0 saturated carbocycles. The molecule has 24 heavy (non-hydrogen) atoms. The van der Waals surface area contributed by atoms with Crippen molar-refractivity contribution in [2.24, 2.45) is 0 Å². The molecule has 2 amide bonds. The first-order chi connectivity index (χ1) is 11.1. The molecular weight excluding hydrogens is 337 g/mol. The minimum atomic E-state index is -0.369. The van der Waals surface area contributed by atoms with Gasteiger partial charge in [-0.1, -0.05) is 12.1 Å². The average molecular weight is 358 g/mol. The standard InChI is InChI=1S/C16H20FN3O3.ClH/c17-13-3-1-2-12(8-13)9-19-5-6-20(10-15(19)21)16(22)14-11-23-7-4-18-14;/h1-3,8,14,18H,4-7,9-11H2;1H. The van der Waals surface area contributed by atoms with E-state index in [4.69, 9.17) is 4.74 Å². The molecule has 1 unspecified atom stereocenters. The zero-order valence-corrected chi connectivity index (χ0v) is 14.1. The fraction of sp³-hybridized carbons (Fsp3) is 0.500. The van der Waals surface area contributed by atoms with Crippen LogP contribution in [0.1, 0.15) is 5.56 Å². The fourth-order valence-corrected chi connectivity index (χ4v) is 2.86. The molecule has 6 nitrogen and oxygen atoms in total. The minimum absolute atomic E-state index is 0. The lowest BCUT2D eigenvalue weighted by atomic mass is 10.1. The van der Waals surface area contributed by atoms with Crippen molar-refractivity contribution in [1.82, 2.24) is 15.1 Å². The number of carbonyl (C=O) groups excluding carboxylic acids is 2. The van der Waals surface area contributed by atoms with E-state index in [0.29, 0.717) is 39.4 Å². The van der Waals surface area contributed by atoms with Gasteiger partial charge in [0.2, 0.25) is 11.8 Å². The van der Waals surface area contributed by atoms with Crippen molar-refractivity contribution in [3.8, 4) is 0 Å². The molecule has 0 aromatic heterocycles. The second-order valence-corrected chi connectivity index (χ2v) is 5.79. The number of nitrogens with one attached hydrogen (secondary N) is 1. The molecule has 2 aliphatic rings. The van der Waals surface area contributed by atoms with Crippen LogP contribution >= 0.6 is 12.4 Å². The maximum Gasteiger partial charge on any atom is 0.242 e. The van der Waals surface area contributed by atoms with E-state index in [1.54, 1.807) is 21.9 Å². The van der Waals surface area contributed by atoms with Crippen LogP contribution in [0.5, 0.6) is 0 Å². The molecule has 1 atom stereocenters. The first-order valence-corrected chi connectivity index (χ1v) is 7.75. The first-order valence-electron chi connectivity index (χ1n) is 7.75. The molecule has 2 saturated heterocycles. The highest BCUT2D eigenvalue weighted by Crippen LogP contribution is 2.12. The topological polar surface area (TPSA) is 61.9 Å². The number of carbonyl (C=O) groups is 2. The predicted molar refractivity (Wildman–Crippen MR) is 88.3 cm³/mol. The Morgan fingerprint density at radius 3 is 2.88 bits per heavy atom. The van der Waals surface area contributed by atoms with E-state index >= 15 is 0 Å². The molecule has 2 aliphatic heterocycles. The van der Waals surface area contributed by atoms with E-state index in [1.807, 2.05) is 0 Å². The Bertz CT molecular complexity index is 596. The number of nitrogens with zero attached hydrogens (tertiary/aromatic N) is 2. The summed E-state index contributed by atoms with van der Waals surface area (Å²) in [6.45, 7) is 2.95. The van der Waals surface area contributed by atoms with E-state index in [1.165, 1.54) is 12.1 Å². The molecule has 0 radical (unpaired) electrons. The number of piperazine rings is 1. The molecule has 2 heterocycles. The Morgan fingerprint density at radius 2 is 2.21 bits per heavy atom. The van der Waals surface area contributed by atoms with Crippen molar-refractivity contribution >= 4 is 24.2 Å². The quantitative estimate of drug-likeness (QED) is 0.851. The minimum Gasteiger partial charge on any atom is -0.378 e. The van der Waals surface area contributed by atoms with Gasteiger partial charge in [0.25, 0.3) is 0 Å². The van der Waals surface area contributed by atoms with Gasteiger partial charge in [-0.05, 0) is 17.7 Å². The number of morpholine rings is 1. The largest absolute Gasteiger partial charge is 0.378 e. The highest BCUT2D eigenvalue weighted by molar-refractivity contribution is 5.88. The van der Waals surface area contributed by atoms with E-state index < -0.39 is 0 Å². The summed E-state index contributed by atoms with van der Waals surface area (Å²) in [5, 5.41) is 3.11. The molecule has 0 bridgehead atoms. The van der Waals surface area contributed by atoms with Crippen LogP contribution in [0.15, 0.2) is 24.3 Å². The van der Waals surface area contributed by atoms with Crippen LogP contribution in [0.25, 0.3) is 0 Å². The van der Waals surface area contributed by atoms with Crippen molar-refractivity contribution < 1.29 is 18.7 Å².